The average Bonchev–Trinajstić information content (AvgIpc) is 2.37. The maximum Gasteiger partial charge on any atom is 0.309 e. The Balaban J connectivity index is 2.86. The molecule has 0 aliphatic rings. The molecule has 1 aromatic rings. The van der Waals surface area contributed by atoms with E-state index in [9.17, 15) is 14.9 Å². The van der Waals surface area contributed by atoms with Crippen LogP contribution in [0, 0.1) is 10.1 Å². The van der Waals surface area contributed by atoms with Crippen molar-refractivity contribution in [1.29, 1.82) is 0 Å². The number of nitro benzene ring substituents is 1. The van der Waals surface area contributed by atoms with Gasteiger partial charge >= 0.3 is 5.97 Å². The van der Waals surface area contributed by atoms with Crippen LogP contribution in [0.25, 0.3) is 6.08 Å². The summed E-state index contributed by atoms with van der Waals surface area (Å²) >= 11 is 0. The van der Waals surface area contributed by atoms with Crippen molar-refractivity contribution in [2.75, 3.05) is 7.11 Å². The minimum Gasteiger partial charge on any atom is -0.469 e. The van der Waals surface area contributed by atoms with E-state index in [2.05, 4.69) is 4.74 Å². The molecule has 0 radical (unpaired) electrons. The molecule has 0 heterocycles. The van der Waals surface area contributed by atoms with E-state index in [-0.39, 0.29) is 23.6 Å². The van der Waals surface area contributed by atoms with Gasteiger partial charge in [0.1, 0.15) is 0 Å². The zero-order valence-corrected chi connectivity index (χ0v) is 9.83. The lowest BCUT2D eigenvalue weighted by Gasteiger charge is -2.01. The van der Waals surface area contributed by atoms with Crippen molar-refractivity contribution >= 4 is 17.7 Å². The number of carbonyl (C=O) groups excluding carboxylic acids is 1. The molecule has 0 aromatic heterocycles. The van der Waals surface area contributed by atoms with Crippen LogP contribution in [-0.4, -0.2) is 23.1 Å². The predicted octanol–water partition coefficient (Wildman–Crippen LogP) is 1.66. The van der Waals surface area contributed by atoms with Crippen LogP contribution in [0.15, 0.2) is 24.3 Å². The lowest BCUT2D eigenvalue weighted by atomic mass is 10.1. The molecule has 0 unspecified atom stereocenters. The van der Waals surface area contributed by atoms with Gasteiger partial charge in [-0.2, -0.15) is 0 Å². The summed E-state index contributed by atoms with van der Waals surface area (Å²) in [5.74, 6) is -0.365. The Labute approximate surface area is 104 Å². The van der Waals surface area contributed by atoms with E-state index in [4.69, 9.17) is 5.11 Å². The molecule has 0 bridgehead atoms. The molecular weight excluding hydrogens is 238 g/mol. The molecule has 18 heavy (non-hydrogen) atoms. The smallest absolute Gasteiger partial charge is 0.309 e. The second kappa shape index (κ2) is 6.51. The van der Waals surface area contributed by atoms with Gasteiger partial charge in [-0.05, 0) is 17.7 Å². The van der Waals surface area contributed by atoms with Crippen LogP contribution in [0.3, 0.4) is 0 Å². The van der Waals surface area contributed by atoms with Gasteiger partial charge in [-0.1, -0.05) is 12.2 Å². The lowest BCUT2D eigenvalue weighted by Crippen LogP contribution is -1.97. The van der Waals surface area contributed by atoms with E-state index in [1.54, 1.807) is 18.2 Å². The van der Waals surface area contributed by atoms with E-state index in [1.807, 2.05) is 0 Å². The summed E-state index contributed by atoms with van der Waals surface area (Å²) in [6.07, 6.45) is 3.36. The maximum absolute atomic E-state index is 10.9. The second-order valence-corrected chi connectivity index (χ2v) is 3.49. The summed E-state index contributed by atoms with van der Waals surface area (Å²) in [4.78, 5) is 21.0. The number of benzene rings is 1. The molecule has 0 fully saturated rings. The number of esters is 1. The number of nitro groups is 1. The Morgan fingerprint density at radius 1 is 1.56 bits per heavy atom. The standard InChI is InChI=1S/C12H13NO5/c1-18-12(15)4-2-3-9-5-6-11(13(16)17)10(7-9)8-14/h2-3,5-7,14H,4,8H2,1H3. The molecule has 0 spiro atoms. The normalized spacial score (nSPS) is 10.6. The maximum atomic E-state index is 10.9. The Morgan fingerprint density at radius 2 is 2.28 bits per heavy atom. The number of aliphatic hydroxyl groups is 1. The lowest BCUT2D eigenvalue weighted by molar-refractivity contribution is -0.385. The molecule has 0 saturated heterocycles. The first kappa shape index (κ1) is 13.9. The SMILES string of the molecule is COC(=O)CC=Cc1ccc([N+](=O)[O-])c(CO)c1. The number of aliphatic hydroxyl groups excluding tert-OH is 1. The van der Waals surface area contributed by atoms with Gasteiger partial charge < -0.3 is 9.84 Å². The number of hydrogen-bond donors (Lipinski definition) is 1. The zero-order chi connectivity index (χ0) is 13.5. The van der Waals surface area contributed by atoms with E-state index in [0.717, 1.165) is 0 Å². The molecule has 6 heteroatoms. The van der Waals surface area contributed by atoms with Crippen molar-refractivity contribution in [3.05, 3.63) is 45.5 Å². The number of carbonyl (C=O) groups is 1. The number of nitrogens with zero attached hydrogens (tertiary/aromatic N) is 1. The monoisotopic (exact) mass is 251 g/mol. The molecule has 6 nitrogen and oxygen atoms in total. The van der Waals surface area contributed by atoms with Crippen LogP contribution in [0.2, 0.25) is 0 Å². The van der Waals surface area contributed by atoms with Gasteiger partial charge in [-0.25, -0.2) is 0 Å². The van der Waals surface area contributed by atoms with Crippen LogP contribution in [0.1, 0.15) is 17.5 Å². The van der Waals surface area contributed by atoms with Crippen molar-refractivity contribution in [3.8, 4) is 0 Å². The molecule has 96 valence electrons. The second-order valence-electron chi connectivity index (χ2n) is 3.49. The van der Waals surface area contributed by atoms with E-state index in [0.29, 0.717) is 5.56 Å². The largest absolute Gasteiger partial charge is 0.469 e. The van der Waals surface area contributed by atoms with Crippen molar-refractivity contribution < 1.29 is 19.6 Å². The van der Waals surface area contributed by atoms with Crippen molar-refractivity contribution in [1.82, 2.24) is 0 Å². The summed E-state index contributed by atoms with van der Waals surface area (Å²) in [5, 5.41) is 19.7. The van der Waals surface area contributed by atoms with E-state index in [1.165, 1.54) is 19.2 Å². The third-order valence-electron chi connectivity index (χ3n) is 2.29. The fraction of sp³-hybridized carbons (Fsp3) is 0.250. The van der Waals surface area contributed by atoms with Crippen LogP contribution < -0.4 is 0 Å². The summed E-state index contributed by atoms with van der Waals surface area (Å²) in [5.41, 5.74) is 0.788. The third-order valence-corrected chi connectivity index (χ3v) is 2.29. The van der Waals surface area contributed by atoms with Gasteiger partial charge in [0, 0.05) is 6.07 Å². The van der Waals surface area contributed by atoms with Gasteiger partial charge in [0.05, 0.1) is 30.6 Å². The summed E-state index contributed by atoms with van der Waals surface area (Å²) in [6.45, 7) is -0.408. The predicted molar refractivity (Wildman–Crippen MR) is 64.7 cm³/mol. The summed E-state index contributed by atoms with van der Waals surface area (Å²) in [7, 11) is 1.30. The van der Waals surface area contributed by atoms with Crippen LogP contribution in [0.5, 0.6) is 0 Å². The zero-order valence-electron chi connectivity index (χ0n) is 9.83. The fourth-order valence-electron chi connectivity index (χ4n) is 1.39. The molecule has 1 aromatic carbocycles. The van der Waals surface area contributed by atoms with Gasteiger partial charge in [0.2, 0.25) is 0 Å². The first-order valence-corrected chi connectivity index (χ1v) is 5.20. The minimum atomic E-state index is -0.548. The molecule has 0 amide bonds. The van der Waals surface area contributed by atoms with E-state index >= 15 is 0 Å². The Hall–Kier alpha value is -2.21. The van der Waals surface area contributed by atoms with Crippen LogP contribution >= 0.6 is 0 Å². The quantitative estimate of drug-likeness (QED) is 0.488. The molecule has 0 saturated carbocycles. The molecule has 1 rings (SSSR count). The molecule has 0 aliphatic heterocycles. The van der Waals surface area contributed by atoms with Gasteiger partial charge in [-0.15, -0.1) is 0 Å². The highest BCUT2D eigenvalue weighted by Crippen LogP contribution is 2.20. The first-order valence-electron chi connectivity index (χ1n) is 5.20. The average molecular weight is 251 g/mol. The van der Waals surface area contributed by atoms with Crippen molar-refractivity contribution in [2.45, 2.75) is 13.0 Å². The van der Waals surface area contributed by atoms with Crippen molar-refractivity contribution in [3.63, 3.8) is 0 Å². The topological polar surface area (TPSA) is 89.7 Å². The van der Waals surface area contributed by atoms with Gasteiger partial charge in [-0.3, -0.25) is 14.9 Å². The Kier molecular flexibility index (Phi) is 5.01. The van der Waals surface area contributed by atoms with E-state index < -0.39 is 11.5 Å². The van der Waals surface area contributed by atoms with Gasteiger partial charge in [0.25, 0.3) is 5.69 Å². The molecule has 1 N–H and O–H groups in total. The molecular formula is C12H13NO5. The molecule has 0 atom stereocenters. The first-order chi connectivity index (χ1) is 8.58. The molecule has 0 aliphatic carbocycles. The third kappa shape index (κ3) is 3.67. The number of hydrogen-bond acceptors (Lipinski definition) is 5. The Bertz CT molecular complexity index is 481. The highest BCUT2D eigenvalue weighted by molar-refractivity contribution is 5.72. The van der Waals surface area contributed by atoms with Crippen LogP contribution in [-0.2, 0) is 16.1 Å². The summed E-state index contributed by atoms with van der Waals surface area (Å²) < 4.78 is 4.46. The number of rotatable bonds is 5. The number of ether oxygens (including phenoxy) is 1. The van der Waals surface area contributed by atoms with Crippen molar-refractivity contribution in [2.24, 2.45) is 0 Å². The summed E-state index contributed by atoms with van der Waals surface area (Å²) in [6, 6.07) is 4.38. The Morgan fingerprint density at radius 3 is 2.83 bits per heavy atom. The van der Waals surface area contributed by atoms with Gasteiger partial charge in [0.15, 0.2) is 0 Å². The fourth-order valence-corrected chi connectivity index (χ4v) is 1.39. The van der Waals surface area contributed by atoms with Crippen LogP contribution in [0.4, 0.5) is 5.69 Å². The highest BCUT2D eigenvalue weighted by atomic mass is 16.6. The number of methoxy groups -OCH3 is 1. The minimum absolute atomic E-state index is 0.123. The highest BCUT2D eigenvalue weighted by Gasteiger charge is 2.12.